The summed E-state index contributed by atoms with van der Waals surface area (Å²) in [4.78, 5) is 32.4. The second kappa shape index (κ2) is 6.45. The molecule has 0 aromatic heterocycles. The zero-order chi connectivity index (χ0) is 14.4. The van der Waals surface area contributed by atoms with Crippen molar-refractivity contribution in [1.82, 2.24) is 5.32 Å². The smallest absolute Gasteiger partial charge is 0.269 e. The summed E-state index contributed by atoms with van der Waals surface area (Å²) in [6.45, 7) is 0.681. The third-order valence-electron chi connectivity index (χ3n) is 2.22. The third kappa shape index (κ3) is 4.36. The Kier molecular flexibility index (Phi) is 4.95. The number of aliphatic hydroxyl groups excluding tert-OH is 1. The molecule has 0 spiro atoms. The van der Waals surface area contributed by atoms with Gasteiger partial charge < -0.3 is 15.7 Å². The summed E-state index contributed by atoms with van der Waals surface area (Å²) in [6.07, 6.45) is 0. The van der Waals surface area contributed by atoms with E-state index in [-0.39, 0.29) is 5.69 Å². The van der Waals surface area contributed by atoms with E-state index >= 15 is 0 Å². The second-order valence-corrected chi connectivity index (χ2v) is 3.73. The molecule has 1 aromatic carbocycles. The van der Waals surface area contributed by atoms with E-state index in [1.165, 1.54) is 31.2 Å². The number of hydrogen-bond acceptors (Lipinski definition) is 5. The molecule has 8 nitrogen and oxygen atoms in total. The summed E-state index contributed by atoms with van der Waals surface area (Å²) >= 11 is 0. The van der Waals surface area contributed by atoms with Gasteiger partial charge in [-0.15, -0.1) is 0 Å². The molecule has 3 N–H and O–H groups in total. The Bertz CT molecular complexity index is 486. The molecule has 1 atom stereocenters. The van der Waals surface area contributed by atoms with Crippen molar-refractivity contribution < 1.29 is 19.6 Å². The quantitative estimate of drug-likeness (QED) is 0.513. The number of aliphatic hydroxyl groups is 1. The van der Waals surface area contributed by atoms with E-state index in [2.05, 4.69) is 10.6 Å². The van der Waals surface area contributed by atoms with Gasteiger partial charge in [0, 0.05) is 24.7 Å². The van der Waals surface area contributed by atoms with Crippen LogP contribution in [0.3, 0.4) is 0 Å². The number of nitrogens with one attached hydrogen (secondary N) is 2. The molecular weight excluding hydrogens is 254 g/mol. The minimum atomic E-state index is -1.06. The SMILES string of the molecule is CC(=O)N[C@@H](CO)C(=O)Nc1ccc([N+](=O)[O-])cc1. The van der Waals surface area contributed by atoms with Crippen LogP contribution in [0.25, 0.3) is 0 Å². The van der Waals surface area contributed by atoms with Gasteiger partial charge in [0.1, 0.15) is 6.04 Å². The van der Waals surface area contributed by atoms with Crippen LogP contribution < -0.4 is 10.6 Å². The Morgan fingerprint density at radius 1 is 1.37 bits per heavy atom. The molecule has 0 heterocycles. The number of nitro groups is 1. The van der Waals surface area contributed by atoms with Gasteiger partial charge in [0.05, 0.1) is 11.5 Å². The number of carbonyl (C=O) groups excluding carboxylic acids is 2. The maximum atomic E-state index is 11.7. The van der Waals surface area contributed by atoms with Gasteiger partial charge in [-0.2, -0.15) is 0 Å². The Hall–Kier alpha value is -2.48. The molecule has 19 heavy (non-hydrogen) atoms. The summed E-state index contributed by atoms with van der Waals surface area (Å²) in [5.41, 5.74) is 0.234. The van der Waals surface area contributed by atoms with Crippen LogP contribution >= 0.6 is 0 Å². The molecule has 0 saturated heterocycles. The molecule has 102 valence electrons. The minimum Gasteiger partial charge on any atom is -0.394 e. The van der Waals surface area contributed by atoms with Crippen molar-refractivity contribution in [3.05, 3.63) is 34.4 Å². The zero-order valence-electron chi connectivity index (χ0n) is 10.1. The molecule has 0 aliphatic carbocycles. The maximum Gasteiger partial charge on any atom is 0.269 e. The van der Waals surface area contributed by atoms with Crippen LogP contribution in [0.2, 0.25) is 0 Å². The van der Waals surface area contributed by atoms with Gasteiger partial charge in [0.25, 0.3) is 5.69 Å². The van der Waals surface area contributed by atoms with Gasteiger partial charge in [0.2, 0.25) is 11.8 Å². The fourth-order valence-corrected chi connectivity index (χ4v) is 1.34. The lowest BCUT2D eigenvalue weighted by Gasteiger charge is -2.14. The molecule has 2 amide bonds. The number of amides is 2. The molecule has 1 aromatic rings. The van der Waals surface area contributed by atoms with Crippen molar-refractivity contribution in [2.24, 2.45) is 0 Å². The highest BCUT2D eigenvalue weighted by Gasteiger charge is 2.18. The highest BCUT2D eigenvalue weighted by Crippen LogP contribution is 2.15. The van der Waals surface area contributed by atoms with Gasteiger partial charge >= 0.3 is 0 Å². The lowest BCUT2D eigenvalue weighted by molar-refractivity contribution is -0.384. The van der Waals surface area contributed by atoms with Crippen molar-refractivity contribution in [1.29, 1.82) is 0 Å². The van der Waals surface area contributed by atoms with Crippen molar-refractivity contribution >= 4 is 23.2 Å². The van der Waals surface area contributed by atoms with Crippen molar-refractivity contribution in [3.8, 4) is 0 Å². The largest absolute Gasteiger partial charge is 0.394 e. The third-order valence-corrected chi connectivity index (χ3v) is 2.22. The maximum absolute atomic E-state index is 11.7. The Labute approximate surface area is 108 Å². The van der Waals surface area contributed by atoms with E-state index in [1.807, 2.05) is 0 Å². The minimum absolute atomic E-state index is 0.0985. The first-order chi connectivity index (χ1) is 8.93. The van der Waals surface area contributed by atoms with Crippen LogP contribution in [0.1, 0.15) is 6.92 Å². The molecule has 0 radical (unpaired) electrons. The number of rotatable bonds is 5. The first-order valence-electron chi connectivity index (χ1n) is 5.37. The van der Waals surface area contributed by atoms with E-state index in [1.54, 1.807) is 0 Å². The number of nitrogens with zero attached hydrogens (tertiary/aromatic N) is 1. The van der Waals surface area contributed by atoms with Crippen LogP contribution in [0, 0.1) is 10.1 Å². The lowest BCUT2D eigenvalue weighted by Crippen LogP contribution is -2.45. The standard InChI is InChI=1S/C11H13N3O5/c1-7(16)12-10(6-15)11(17)13-8-2-4-9(5-3-8)14(18)19/h2-5,10,15H,6H2,1H3,(H,12,16)(H,13,17)/t10-/m0/s1. The molecule has 0 unspecified atom stereocenters. The van der Waals surface area contributed by atoms with Gasteiger partial charge in [-0.05, 0) is 12.1 Å². The van der Waals surface area contributed by atoms with Crippen LogP contribution in [0.15, 0.2) is 24.3 Å². The van der Waals surface area contributed by atoms with Gasteiger partial charge in [-0.25, -0.2) is 0 Å². The van der Waals surface area contributed by atoms with Crippen molar-refractivity contribution in [2.75, 3.05) is 11.9 Å². The molecular formula is C11H13N3O5. The number of hydrogen-bond donors (Lipinski definition) is 3. The average molecular weight is 267 g/mol. The predicted octanol–water partition coefficient (Wildman–Crippen LogP) is 0.0303. The molecule has 0 fully saturated rings. The van der Waals surface area contributed by atoms with E-state index in [0.717, 1.165) is 0 Å². The van der Waals surface area contributed by atoms with E-state index < -0.39 is 29.4 Å². The van der Waals surface area contributed by atoms with Gasteiger partial charge in [0.15, 0.2) is 0 Å². The Morgan fingerprint density at radius 2 is 1.95 bits per heavy atom. The van der Waals surface area contributed by atoms with E-state index in [9.17, 15) is 19.7 Å². The molecule has 0 bridgehead atoms. The first kappa shape index (κ1) is 14.6. The molecule has 0 aliphatic rings. The topological polar surface area (TPSA) is 122 Å². The van der Waals surface area contributed by atoms with Crippen LogP contribution in [0.5, 0.6) is 0 Å². The summed E-state index contributed by atoms with van der Waals surface area (Å²) in [7, 11) is 0. The summed E-state index contributed by atoms with van der Waals surface area (Å²) in [5.74, 6) is -1.05. The molecule has 1 rings (SSSR count). The number of nitro benzene ring substituents is 1. The van der Waals surface area contributed by atoms with Gasteiger partial charge in [-0.3, -0.25) is 19.7 Å². The summed E-state index contributed by atoms with van der Waals surface area (Å²) < 4.78 is 0. The monoisotopic (exact) mass is 267 g/mol. The molecule has 8 heteroatoms. The summed E-state index contributed by atoms with van der Waals surface area (Å²) in [6, 6.07) is 4.13. The molecule has 0 saturated carbocycles. The second-order valence-electron chi connectivity index (χ2n) is 3.73. The number of benzene rings is 1. The van der Waals surface area contributed by atoms with Gasteiger partial charge in [-0.1, -0.05) is 0 Å². The summed E-state index contributed by atoms with van der Waals surface area (Å²) in [5, 5.41) is 24.1. The normalized spacial score (nSPS) is 11.5. The fraction of sp³-hybridized carbons (Fsp3) is 0.273. The molecule has 0 aliphatic heterocycles. The van der Waals surface area contributed by atoms with Crippen molar-refractivity contribution in [2.45, 2.75) is 13.0 Å². The highest BCUT2D eigenvalue weighted by molar-refractivity contribution is 5.97. The first-order valence-corrected chi connectivity index (χ1v) is 5.37. The number of non-ortho nitro benzene ring substituents is 1. The zero-order valence-corrected chi connectivity index (χ0v) is 10.1. The Balaban J connectivity index is 2.70. The number of carbonyl (C=O) groups is 2. The predicted molar refractivity (Wildman–Crippen MR) is 66.4 cm³/mol. The lowest BCUT2D eigenvalue weighted by atomic mass is 10.2. The van der Waals surface area contributed by atoms with E-state index in [0.29, 0.717) is 5.69 Å². The van der Waals surface area contributed by atoms with E-state index in [4.69, 9.17) is 5.11 Å². The number of anilines is 1. The fourth-order valence-electron chi connectivity index (χ4n) is 1.34. The Morgan fingerprint density at radius 3 is 2.37 bits per heavy atom. The highest BCUT2D eigenvalue weighted by atomic mass is 16.6. The van der Waals surface area contributed by atoms with Crippen molar-refractivity contribution in [3.63, 3.8) is 0 Å². The average Bonchev–Trinajstić information content (AvgIpc) is 2.36. The van der Waals surface area contributed by atoms with Crippen LogP contribution in [0.4, 0.5) is 11.4 Å². The van der Waals surface area contributed by atoms with Crippen LogP contribution in [-0.2, 0) is 9.59 Å². The van der Waals surface area contributed by atoms with Crippen LogP contribution in [-0.4, -0.2) is 34.5 Å².